The molecular weight excluding hydrogens is 490 g/mol. The van der Waals surface area contributed by atoms with Crippen molar-refractivity contribution in [2.75, 3.05) is 4.90 Å². The number of para-hydroxylation sites is 2. The first-order valence-corrected chi connectivity index (χ1v) is 12.5. The molecule has 7 rings (SSSR count). The molecule has 7 heteroatoms. The van der Waals surface area contributed by atoms with Crippen LogP contribution in [0.1, 0.15) is 26.3 Å². The van der Waals surface area contributed by atoms with Gasteiger partial charge in [-0.3, -0.25) is 4.90 Å². The normalized spacial score (nSPS) is 15.4. The molecule has 3 aromatic carbocycles. The van der Waals surface area contributed by atoms with Crippen LogP contribution in [0.5, 0.6) is 34.5 Å². The fourth-order valence-corrected chi connectivity index (χ4v) is 4.99. The van der Waals surface area contributed by atoms with Gasteiger partial charge in [0.15, 0.2) is 34.5 Å². The van der Waals surface area contributed by atoms with Crippen LogP contribution in [-0.4, -0.2) is 0 Å². The van der Waals surface area contributed by atoms with E-state index in [1.807, 2.05) is 93.6 Å². The molecule has 7 nitrogen and oxygen atoms in total. The van der Waals surface area contributed by atoms with Gasteiger partial charge in [-0.2, -0.15) is 10.5 Å². The Morgan fingerprint density at radius 3 is 1.74 bits per heavy atom. The summed E-state index contributed by atoms with van der Waals surface area (Å²) in [6, 6.07) is 19.4. The van der Waals surface area contributed by atoms with Gasteiger partial charge < -0.3 is 18.9 Å². The van der Waals surface area contributed by atoms with Gasteiger partial charge in [-0.1, -0.05) is 39.0 Å². The zero-order valence-electron chi connectivity index (χ0n) is 21.4. The lowest BCUT2D eigenvalue weighted by atomic mass is 9.90. The van der Waals surface area contributed by atoms with Crippen molar-refractivity contribution < 1.29 is 18.9 Å². The van der Waals surface area contributed by atoms with Crippen LogP contribution in [0, 0.1) is 28.1 Å². The van der Waals surface area contributed by atoms with Crippen molar-refractivity contribution >= 4 is 23.1 Å². The summed E-state index contributed by atoms with van der Waals surface area (Å²) in [6.07, 6.45) is 7.17. The number of nitriles is 2. The van der Waals surface area contributed by atoms with Crippen molar-refractivity contribution in [1.82, 2.24) is 0 Å². The second-order valence-corrected chi connectivity index (χ2v) is 10.5. The molecule has 4 aliphatic rings. The molecule has 0 aliphatic carbocycles. The molecule has 0 spiro atoms. The largest absolute Gasteiger partial charge is 0.461 e. The van der Waals surface area contributed by atoms with Crippen LogP contribution in [0.2, 0.25) is 0 Å². The van der Waals surface area contributed by atoms with E-state index >= 15 is 0 Å². The molecule has 0 fully saturated rings. The zero-order valence-corrected chi connectivity index (χ0v) is 21.4. The first kappa shape index (κ1) is 22.8. The third-order valence-electron chi connectivity index (χ3n) is 6.82. The highest BCUT2D eigenvalue weighted by molar-refractivity contribution is 5.99. The van der Waals surface area contributed by atoms with E-state index < -0.39 is 0 Å². The minimum Gasteiger partial charge on any atom is -0.461 e. The van der Waals surface area contributed by atoms with Gasteiger partial charge in [-0.15, -0.1) is 0 Å². The van der Waals surface area contributed by atoms with Crippen LogP contribution in [-0.2, 0) is 4.74 Å². The van der Waals surface area contributed by atoms with Crippen molar-refractivity contribution in [2.24, 2.45) is 5.41 Å². The smallest absolute Gasteiger partial charge is 0.156 e. The van der Waals surface area contributed by atoms with Crippen LogP contribution in [0.15, 0.2) is 89.4 Å². The average molecular weight is 512 g/mol. The molecule has 0 amide bonds. The quantitative estimate of drug-likeness (QED) is 0.215. The summed E-state index contributed by atoms with van der Waals surface area (Å²) in [7, 11) is 0. The minimum atomic E-state index is -0.317. The first-order chi connectivity index (χ1) is 18.8. The van der Waals surface area contributed by atoms with Gasteiger partial charge in [0.05, 0.1) is 0 Å². The second-order valence-electron chi connectivity index (χ2n) is 10.5. The molecule has 4 aliphatic heterocycles. The second kappa shape index (κ2) is 8.05. The van der Waals surface area contributed by atoms with E-state index in [1.54, 1.807) is 12.2 Å². The van der Waals surface area contributed by atoms with Gasteiger partial charge in [0.1, 0.15) is 46.3 Å². The molecule has 39 heavy (non-hydrogen) atoms. The fraction of sp³-hybridized carbons (Fsp3) is 0.125. The summed E-state index contributed by atoms with van der Waals surface area (Å²) in [6.45, 7) is 6.05. The molecule has 0 unspecified atom stereocenters. The molecule has 4 heterocycles. The van der Waals surface area contributed by atoms with E-state index in [4.69, 9.17) is 18.9 Å². The van der Waals surface area contributed by atoms with Crippen LogP contribution in [0.3, 0.4) is 0 Å². The molecule has 0 N–H and O–H groups in total. The van der Waals surface area contributed by atoms with Crippen molar-refractivity contribution in [3.63, 3.8) is 0 Å². The third kappa shape index (κ3) is 3.48. The summed E-state index contributed by atoms with van der Waals surface area (Å²) < 4.78 is 25.0. The number of hydrogen-bond acceptors (Lipinski definition) is 7. The third-order valence-corrected chi connectivity index (χ3v) is 6.82. The highest BCUT2D eigenvalue weighted by Gasteiger charge is 2.41. The van der Waals surface area contributed by atoms with Crippen molar-refractivity contribution in [1.29, 1.82) is 10.5 Å². The van der Waals surface area contributed by atoms with Crippen molar-refractivity contribution in [2.45, 2.75) is 20.8 Å². The van der Waals surface area contributed by atoms with Gasteiger partial charge >= 0.3 is 0 Å². The Balaban J connectivity index is 1.31. The van der Waals surface area contributed by atoms with Gasteiger partial charge in [-0.25, -0.2) is 0 Å². The van der Waals surface area contributed by atoms with E-state index in [0.29, 0.717) is 40.1 Å². The van der Waals surface area contributed by atoms with Crippen LogP contribution in [0.4, 0.5) is 17.1 Å². The topological polar surface area (TPSA) is 87.7 Å². The van der Waals surface area contributed by atoms with Crippen molar-refractivity contribution in [3.8, 4) is 46.6 Å². The summed E-state index contributed by atoms with van der Waals surface area (Å²) >= 11 is 0. The number of hydrogen-bond donors (Lipinski definition) is 0. The standard InChI is InChI=1S/C32H21N3O4/c1-32(2,3)28-15-19(20(16-33)17-34)14-21(36-28)11-10-18-12-26-31-27(13-18)39-25-9-5-7-23-30(25)35(31)29-22(37-23)6-4-8-24(29)38-26/h4-15H,1-3H3/b11-10+. The molecule has 0 bridgehead atoms. The number of benzene rings is 3. The maximum absolute atomic E-state index is 9.43. The van der Waals surface area contributed by atoms with Gasteiger partial charge in [0, 0.05) is 11.0 Å². The number of anilines is 3. The zero-order chi connectivity index (χ0) is 26.9. The molecule has 188 valence electrons. The maximum Gasteiger partial charge on any atom is 0.156 e. The highest BCUT2D eigenvalue weighted by Crippen LogP contribution is 2.66. The lowest BCUT2D eigenvalue weighted by Crippen LogP contribution is -2.23. The van der Waals surface area contributed by atoms with Crippen LogP contribution < -0.4 is 19.1 Å². The molecule has 0 aromatic heterocycles. The Bertz CT molecular complexity index is 1730. The van der Waals surface area contributed by atoms with Crippen LogP contribution >= 0.6 is 0 Å². The SMILES string of the molecule is CC(C)(C)C1=CC(=C(C#N)C#N)C=C(/C=C/c2cc3c4c(c2)Oc2cccc5c2N4c2c(cccc2O3)O5)O1. The number of ether oxygens (including phenoxy) is 4. The summed E-state index contributed by atoms with van der Waals surface area (Å²) in [5, 5.41) is 18.9. The Labute approximate surface area is 225 Å². The predicted molar refractivity (Wildman–Crippen MR) is 145 cm³/mol. The van der Waals surface area contributed by atoms with E-state index in [0.717, 1.165) is 34.1 Å². The van der Waals surface area contributed by atoms with Gasteiger partial charge in [0.25, 0.3) is 0 Å². The Morgan fingerprint density at radius 2 is 1.23 bits per heavy atom. The average Bonchev–Trinajstić information content (AvgIpc) is 2.92. The monoisotopic (exact) mass is 511 g/mol. The van der Waals surface area contributed by atoms with Crippen LogP contribution in [0.25, 0.3) is 6.08 Å². The van der Waals surface area contributed by atoms with Crippen molar-refractivity contribution in [3.05, 3.63) is 95.0 Å². The Morgan fingerprint density at radius 1 is 0.718 bits per heavy atom. The number of rotatable bonds is 2. The molecule has 0 atom stereocenters. The first-order valence-electron chi connectivity index (χ1n) is 12.5. The molecular formula is C32H21N3O4. The van der Waals surface area contributed by atoms with Gasteiger partial charge in [-0.05, 0) is 60.2 Å². The lowest BCUT2D eigenvalue weighted by molar-refractivity contribution is 0.223. The Kier molecular flexibility index (Phi) is 4.70. The van der Waals surface area contributed by atoms with E-state index in [2.05, 4.69) is 4.90 Å². The molecule has 3 aromatic rings. The maximum atomic E-state index is 9.43. The molecule has 0 saturated heterocycles. The molecule has 0 saturated carbocycles. The van der Waals surface area contributed by atoms with E-state index in [-0.39, 0.29) is 11.0 Å². The Hall–Kier alpha value is -5.40. The highest BCUT2D eigenvalue weighted by atomic mass is 16.5. The summed E-state index contributed by atoms with van der Waals surface area (Å²) in [5.74, 6) is 5.35. The lowest BCUT2D eigenvalue weighted by Gasteiger charge is -2.41. The fourth-order valence-electron chi connectivity index (χ4n) is 4.99. The minimum absolute atomic E-state index is 0.0348. The number of nitrogens with zero attached hydrogens (tertiary/aromatic N) is 3. The van der Waals surface area contributed by atoms with Gasteiger partial charge in [0.2, 0.25) is 0 Å². The number of allylic oxidation sites excluding steroid dienone is 6. The summed E-state index contributed by atoms with van der Waals surface area (Å²) in [4.78, 5) is 2.15. The predicted octanol–water partition coefficient (Wildman–Crippen LogP) is 8.67. The van der Waals surface area contributed by atoms with E-state index in [9.17, 15) is 10.5 Å². The molecule has 0 radical (unpaired) electrons. The summed E-state index contributed by atoms with van der Waals surface area (Å²) in [5.41, 5.74) is 3.60. The van der Waals surface area contributed by atoms with E-state index in [1.165, 1.54) is 0 Å².